The Hall–Kier alpha value is -1.85. The number of carbonyl (C=O) groups is 2. The lowest BCUT2D eigenvalue weighted by atomic mass is 10.2. The molecule has 0 fully saturated rings. The molecule has 0 bridgehead atoms. The SMILES string of the molecule is O=C(COC(=O)c1ccccc1Cl)NCCc1cccs1. The van der Waals surface area contributed by atoms with Gasteiger partial charge in [0.1, 0.15) is 0 Å². The second kappa shape index (κ2) is 7.81. The topological polar surface area (TPSA) is 55.4 Å². The van der Waals surface area contributed by atoms with Crippen molar-refractivity contribution in [1.82, 2.24) is 5.32 Å². The van der Waals surface area contributed by atoms with Gasteiger partial charge in [0.15, 0.2) is 6.61 Å². The third-order valence-electron chi connectivity index (χ3n) is 2.70. The minimum absolute atomic E-state index is 0.255. The normalized spacial score (nSPS) is 10.1. The molecule has 1 heterocycles. The highest BCUT2D eigenvalue weighted by Crippen LogP contribution is 2.15. The van der Waals surface area contributed by atoms with Gasteiger partial charge in [0, 0.05) is 11.4 Å². The van der Waals surface area contributed by atoms with Crippen LogP contribution in [0.3, 0.4) is 0 Å². The Morgan fingerprint density at radius 1 is 1.19 bits per heavy atom. The van der Waals surface area contributed by atoms with Crippen molar-refractivity contribution in [1.29, 1.82) is 0 Å². The Kier molecular flexibility index (Phi) is 5.78. The highest BCUT2D eigenvalue weighted by atomic mass is 35.5. The molecule has 1 aromatic carbocycles. The average molecular weight is 324 g/mol. The Morgan fingerprint density at radius 3 is 2.71 bits per heavy atom. The van der Waals surface area contributed by atoms with E-state index in [0.29, 0.717) is 11.6 Å². The molecule has 110 valence electrons. The minimum Gasteiger partial charge on any atom is -0.452 e. The molecule has 0 aliphatic heterocycles. The zero-order valence-electron chi connectivity index (χ0n) is 11.2. The Balaban J connectivity index is 1.71. The lowest BCUT2D eigenvalue weighted by Crippen LogP contribution is -2.30. The van der Waals surface area contributed by atoms with Crippen LogP contribution in [0.1, 0.15) is 15.2 Å². The van der Waals surface area contributed by atoms with E-state index in [0.717, 1.165) is 6.42 Å². The van der Waals surface area contributed by atoms with E-state index in [1.54, 1.807) is 35.6 Å². The van der Waals surface area contributed by atoms with Crippen molar-refractivity contribution in [2.75, 3.05) is 13.2 Å². The van der Waals surface area contributed by atoms with Gasteiger partial charge in [-0.3, -0.25) is 4.79 Å². The second-order valence-corrected chi connectivity index (χ2v) is 5.67. The summed E-state index contributed by atoms with van der Waals surface area (Å²) < 4.78 is 4.93. The van der Waals surface area contributed by atoms with Gasteiger partial charge in [-0.25, -0.2) is 4.79 Å². The molecule has 0 unspecified atom stereocenters. The molecule has 1 N–H and O–H groups in total. The summed E-state index contributed by atoms with van der Waals surface area (Å²) in [6, 6.07) is 10.5. The van der Waals surface area contributed by atoms with Crippen molar-refractivity contribution < 1.29 is 14.3 Å². The fourth-order valence-corrected chi connectivity index (χ4v) is 2.59. The molecule has 4 nitrogen and oxygen atoms in total. The summed E-state index contributed by atoms with van der Waals surface area (Å²) in [4.78, 5) is 24.5. The molecule has 0 saturated heterocycles. The van der Waals surface area contributed by atoms with Crippen molar-refractivity contribution >= 4 is 34.8 Å². The number of rotatable bonds is 6. The summed E-state index contributed by atoms with van der Waals surface area (Å²) in [6.07, 6.45) is 0.766. The van der Waals surface area contributed by atoms with Crippen LogP contribution in [-0.4, -0.2) is 25.0 Å². The third kappa shape index (κ3) is 4.88. The number of benzene rings is 1. The zero-order valence-corrected chi connectivity index (χ0v) is 12.7. The van der Waals surface area contributed by atoms with E-state index in [9.17, 15) is 9.59 Å². The van der Waals surface area contributed by atoms with E-state index in [2.05, 4.69) is 5.32 Å². The van der Waals surface area contributed by atoms with Gasteiger partial charge in [-0.15, -0.1) is 11.3 Å². The molecule has 1 amide bonds. The first-order chi connectivity index (χ1) is 10.2. The number of carbonyl (C=O) groups excluding carboxylic acids is 2. The van der Waals surface area contributed by atoms with Gasteiger partial charge in [-0.2, -0.15) is 0 Å². The van der Waals surface area contributed by atoms with Crippen LogP contribution in [0.25, 0.3) is 0 Å². The highest BCUT2D eigenvalue weighted by Gasteiger charge is 2.12. The van der Waals surface area contributed by atoms with Crippen molar-refractivity contribution in [2.45, 2.75) is 6.42 Å². The Labute approximate surface area is 131 Å². The standard InChI is InChI=1S/C15H14ClNO3S/c16-13-6-2-1-5-12(13)15(19)20-10-14(18)17-8-7-11-4-3-9-21-11/h1-6,9H,7-8,10H2,(H,17,18). The summed E-state index contributed by atoms with van der Waals surface area (Å²) in [5.41, 5.74) is 0.255. The second-order valence-electron chi connectivity index (χ2n) is 4.24. The molecule has 2 rings (SSSR count). The first-order valence-electron chi connectivity index (χ1n) is 6.37. The lowest BCUT2D eigenvalue weighted by molar-refractivity contribution is -0.124. The summed E-state index contributed by atoms with van der Waals surface area (Å²) in [5.74, 6) is -0.930. The predicted octanol–water partition coefficient (Wildman–Crippen LogP) is 2.92. The van der Waals surface area contributed by atoms with Crippen LogP contribution in [0, 0.1) is 0 Å². The summed E-state index contributed by atoms with van der Waals surface area (Å²) >= 11 is 7.52. The molecular formula is C15H14ClNO3S. The molecule has 2 aromatic rings. The van der Waals surface area contributed by atoms with E-state index in [-0.39, 0.29) is 18.1 Å². The molecule has 0 radical (unpaired) electrons. The van der Waals surface area contributed by atoms with Gasteiger partial charge < -0.3 is 10.1 Å². The molecule has 0 spiro atoms. The Bertz CT molecular complexity index is 613. The fourth-order valence-electron chi connectivity index (χ4n) is 1.67. The zero-order chi connectivity index (χ0) is 15.1. The molecule has 0 aliphatic rings. The maximum atomic E-state index is 11.7. The number of esters is 1. The number of hydrogen-bond acceptors (Lipinski definition) is 4. The van der Waals surface area contributed by atoms with Crippen LogP contribution in [-0.2, 0) is 16.0 Å². The number of ether oxygens (including phenoxy) is 1. The first-order valence-corrected chi connectivity index (χ1v) is 7.63. The van der Waals surface area contributed by atoms with Crippen LogP contribution in [0.4, 0.5) is 0 Å². The molecule has 21 heavy (non-hydrogen) atoms. The van der Waals surface area contributed by atoms with E-state index >= 15 is 0 Å². The smallest absolute Gasteiger partial charge is 0.340 e. The van der Waals surface area contributed by atoms with E-state index in [1.807, 2.05) is 17.5 Å². The highest BCUT2D eigenvalue weighted by molar-refractivity contribution is 7.09. The monoisotopic (exact) mass is 323 g/mol. The maximum absolute atomic E-state index is 11.7. The number of hydrogen-bond donors (Lipinski definition) is 1. The van der Waals surface area contributed by atoms with Gasteiger partial charge >= 0.3 is 5.97 Å². The van der Waals surface area contributed by atoms with Gasteiger partial charge in [-0.05, 0) is 30.0 Å². The lowest BCUT2D eigenvalue weighted by Gasteiger charge is -2.07. The number of amides is 1. The molecule has 6 heteroatoms. The largest absolute Gasteiger partial charge is 0.452 e. The molecule has 0 saturated carbocycles. The van der Waals surface area contributed by atoms with Crippen molar-refractivity contribution in [3.8, 4) is 0 Å². The molecular weight excluding hydrogens is 310 g/mol. The van der Waals surface area contributed by atoms with Crippen LogP contribution >= 0.6 is 22.9 Å². The maximum Gasteiger partial charge on any atom is 0.340 e. The summed E-state index contributed by atoms with van der Waals surface area (Å²) in [5, 5.41) is 4.99. The van der Waals surface area contributed by atoms with Gasteiger partial charge in [0.05, 0.1) is 10.6 Å². The van der Waals surface area contributed by atoms with Crippen molar-refractivity contribution in [2.24, 2.45) is 0 Å². The van der Waals surface area contributed by atoms with Crippen LogP contribution in [0.5, 0.6) is 0 Å². The molecule has 0 aliphatic carbocycles. The van der Waals surface area contributed by atoms with Gasteiger partial charge in [-0.1, -0.05) is 29.8 Å². The molecule has 1 aromatic heterocycles. The molecule has 0 atom stereocenters. The predicted molar refractivity (Wildman–Crippen MR) is 82.8 cm³/mol. The third-order valence-corrected chi connectivity index (χ3v) is 3.97. The van der Waals surface area contributed by atoms with Gasteiger partial charge in [0.25, 0.3) is 5.91 Å². The number of thiophene rings is 1. The van der Waals surface area contributed by atoms with Crippen molar-refractivity contribution in [3.05, 3.63) is 57.2 Å². The van der Waals surface area contributed by atoms with Crippen molar-refractivity contribution in [3.63, 3.8) is 0 Å². The van der Waals surface area contributed by atoms with Crippen LogP contribution in [0.2, 0.25) is 5.02 Å². The fraction of sp³-hybridized carbons (Fsp3) is 0.200. The minimum atomic E-state index is -0.603. The van der Waals surface area contributed by atoms with E-state index in [1.165, 1.54) is 4.88 Å². The summed E-state index contributed by atoms with van der Waals surface area (Å²) in [7, 11) is 0. The Morgan fingerprint density at radius 2 is 2.00 bits per heavy atom. The number of nitrogens with one attached hydrogen (secondary N) is 1. The first kappa shape index (κ1) is 15.5. The van der Waals surface area contributed by atoms with E-state index < -0.39 is 5.97 Å². The summed E-state index contributed by atoms with van der Waals surface area (Å²) in [6.45, 7) is 0.206. The van der Waals surface area contributed by atoms with Crippen LogP contribution in [0.15, 0.2) is 41.8 Å². The average Bonchev–Trinajstić information content (AvgIpc) is 2.98. The van der Waals surface area contributed by atoms with Crippen LogP contribution < -0.4 is 5.32 Å². The van der Waals surface area contributed by atoms with E-state index in [4.69, 9.17) is 16.3 Å². The number of halogens is 1. The van der Waals surface area contributed by atoms with Gasteiger partial charge in [0.2, 0.25) is 0 Å². The quantitative estimate of drug-likeness (QED) is 0.832.